The van der Waals surface area contributed by atoms with Crippen LogP contribution in [-0.2, 0) is 30.0 Å². The first-order chi connectivity index (χ1) is 27.2. The molecule has 0 spiro atoms. The van der Waals surface area contributed by atoms with Crippen LogP contribution < -0.4 is 5.32 Å². The topological polar surface area (TPSA) is 158 Å². The number of imide groups is 2. The molecule has 1 aliphatic carbocycles. The van der Waals surface area contributed by atoms with Crippen LogP contribution in [0.15, 0.2) is 78.9 Å². The van der Waals surface area contributed by atoms with Crippen LogP contribution in [-0.4, -0.2) is 98.9 Å². The van der Waals surface area contributed by atoms with Gasteiger partial charge in [0.1, 0.15) is 12.9 Å². The van der Waals surface area contributed by atoms with Gasteiger partial charge in [0.2, 0.25) is 0 Å². The van der Waals surface area contributed by atoms with Crippen LogP contribution in [0.4, 0.5) is 4.79 Å². The van der Waals surface area contributed by atoms with E-state index >= 15 is 0 Å². The molecule has 57 heavy (non-hydrogen) atoms. The summed E-state index contributed by atoms with van der Waals surface area (Å²) in [4.78, 5) is 86.3. The van der Waals surface area contributed by atoms with Gasteiger partial charge in [-0.15, -0.1) is 0 Å². The van der Waals surface area contributed by atoms with Crippen LogP contribution in [0.1, 0.15) is 74.2 Å². The molecule has 4 aliphatic rings. The first-order valence-corrected chi connectivity index (χ1v) is 22.3. The average Bonchev–Trinajstić information content (AvgIpc) is 3.71. The molecule has 7 rings (SSSR count). The number of nitrogens with one attached hydrogen (secondary N) is 1. The normalized spacial score (nSPS) is 25.1. The van der Waals surface area contributed by atoms with E-state index in [4.69, 9.17) is 18.6 Å². The zero-order chi connectivity index (χ0) is 40.7. The molecule has 3 heterocycles. The summed E-state index contributed by atoms with van der Waals surface area (Å²) < 4.78 is 25.4. The van der Waals surface area contributed by atoms with Crippen molar-refractivity contribution in [3.05, 3.63) is 107 Å². The molecular weight excluding hydrogens is 747 g/mol. The summed E-state index contributed by atoms with van der Waals surface area (Å²) in [5.74, 6) is -6.02. The van der Waals surface area contributed by atoms with E-state index < -0.39 is 73.5 Å². The molecule has 0 bridgehead atoms. The molecule has 0 unspecified atom stereocenters. The van der Waals surface area contributed by atoms with Crippen molar-refractivity contribution in [2.24, 2.45) is 23.7 Å². The van der Waals surface area contributed by atoms with Crippen molar-refractivity contribution in [3.63, 3.8) is 0 Å². The molecule has 5 atom stereocenters. The highest BCUT2D eigenvalue weighted by molar-refractivity contribution is 6.74. The Morgan fingerprint density at radius 3 is 1.74 bits per heavy atom. The molecule has 3 aromatic rings. The van der Waals surface area contributed by atoms with Gasteiger partial charge in [-0.25, -0.2) is 4.79 Å². The SMILES string of the molecule is CC(C)(C)[Si](C)(C)OC[C@@]1(NC(=O)OCc2ccccc2)[C@@H](C=O)[C@H](CN2C(=O)c3ccccc3C2=O)[C@@H](CN2C(=O)c3ccccc3C2=O)[C@@H]1C1OCCCO1. The molecule has 1 N–H and O–H groups in total. The van der Waals surface area contributed by atoms with Crippen molar-refractivity contribution in [2.45, 2.75) is 63.8 Å². The molecule has 3 aliphatic heterocycles. The highest BCUT2D eigenvalue weighted by Gasteiger charge is 2.66. The van der Waals surface area contributed by atoms with E-state index in [1.54, 1.807) is 48.5 Å². The van der Waals surface area contributed by atoms with Gasteiger partial charge in [-0.1, -0.05) is 75.4 Å². The number of nitrogens with zero attached hydrogens (tertiary/aromatic N) is 2. The minimum absolute atomic E-state index is 0.0738. The Labute approximate surface area is 333 Å². The van der Waals surface area contributed by atoms with Crippen molar-refractivity contribution < 1.29 is 47.4 Å². The number of carbonyl (C=O) groups excluding carboxylic acids is 6. The highest BCUT2D eigenvalue weighted by Crippen LogP contribution is 2.53. The van der Waals surface area contributed by atoms with E-state index in [0.717, 1.165) is 15.4 Å². The van der Waals surface area contributed by atoms with Crippen molar-refractivity contribution >= 4 is 44.3 Å². The monoisotopic (exact) mass is 795 g/mol. The molecule has 0 radical (unpaired) electrons. The Morgan fingerprint density at radius 2 is 1.26 bits per heavy atom. The van der Waals surface area contributed by atoms with E-state index in [-0.39, 0.29) is 53.6 Å². The van der Waals surface area contributed by atoms with Gasteiger partial charge in [0.15, 0.2) is 14.6 Å². The van der Waals surface area contributed by atoms with Crippen LogP contribution >= 0.6 is 0 Å². The molecule has 1 saturated carbocycles. The van der Waals surface area contributed by atoms with Crippen molar-refractivity contribution in [1.29, 1.82) is 0 Å². The smallest absolute Gasteiger partial charge is 0.408 e. The largest absolute Gasteiger partial charge is 0.445 e. The third-order valence-electron chi connectivity index (χ3n) is 12.5. The van der Waals surface area contributed by atoms with Gasteiger partial charge in [0.25, 0.3) is 23.6 Å². The number of amides is 5. The number of carbonyl (C=O) groups is 6. The minimum atomic E-state index is -2.64. The molecule has 0 aromatic heterocycles. The third-order valence-corrected chi connectivity index (χ3v) is 17.0. The first-order valence-electron chi connectivity index (χ1n) is 19.4. The summed E-state index contributed by atoms with van der Waals surface area (Å²) in [5.41, 5.74) is 0.0264. The first kappa shape index (κ1) is 40.2. The van der Waals surface area contributed by atoms with Gasteiger partial charge < -0.3 is 28.7 Å². The predicted octanol–water partition coefficient (Wildman–Crippen LogP) is 5.71. The summed E-state index contributed by atoms with van der Waals surface area (Å²) in [6.45, 7) is 10.1. The fraction of sp³-hybridized carbons (Fsp3) is 0.442. The quantitative estimate of drug-likeness (QED) is 0.137. The van der Waals surface area contributed by atoms with Crippen molar-refractivity contribution in [1.82, 2.24) is 15.1 Å². The van der Waals surface area contributed by atoms with Crippen LogP contribution in [0, 0.1) is 23.7 Å². The predicted molar refractivity (Wildman–Crippen MR) is 210 cm³/mol. The summed E-state index contributed by atoms with van der Waals surface area (Å²) in [7, 11) is -2.64. The maximum atomic E-state index is 14.2. The minimum Gasteiger partial charge on any atom is -0.445 e. The zero-order valence-electron chi connectivity index (χ0n) is 32.9. The summed E-state index contributed by atoms with van der Waals surface area (Å²) in [5, 5.41) is 2.80. The lowest BCUT2D eigenvalue weighted by Gasteiger charge is -2.46. The number of benzene rings is 3. The zero-order valence-corrected chi connectivity index (χ0v) is 33.9. The van der Waals surface area contributed by atoms with Gasteiger partial charge in [0, 0.05) is 24.9 Å². The van der Waals surface area contributed by atoms with Gasteiger partial charge >= 0.3 is 6.09 Å². The summed E-state index contributed by atoms with van der Waals surface area (Å²) in [6.07, 6.45) is -0.590. The Balaban J connectivity index is 1.37. The lowest BCUT2D eigenvalue weighted by Crippen LogP contribution is -2.65. The fourth-order valence-corrected chi connectivity index (χ4v) is 9.52. The lowest BCUT2D eigenvalue weighted by atomic mass is 9.78. The number of rotatable bonds is 12. The lowest BCUT2D eigenvalue weighted by molar-refractivity contribution is -0.224. The second-order valence-electron chi connectivity index (χ2n) is 16.8. The molecule has 2 fully saturated rings. The summed E-state index contributed by atoms with van der Waals surface area (Å²) >= 11 is 0. The van der Waals surface area contributed by atoms with E-state index in [9.17, 15) is 28.8 Å². The average molecular weight is 796 g/mol. The molecule has 13 nitrogen and oxygen atoms in total. The number of alkyl carbamates (subject to hydrolysis) is 1. The Morgan fingerprint density at radius 1 is 0.789 bits per heavy atom. The number of hydrogen-bond donors (Lipinski definition) is 1. The molecule has 5 amide bonds. The number of aldehydes is 1. The molecular formula is C43H49N3O10Si. The van der Waals surface area contributed by atoms with Gasteiger partial charge in [-0.2, -0.15) is 0 Å². The maximum absolute atomic E-state index is 14.2. The van der Waals surface area contributed by atoms with Crippen LogP contribution in [0.3, 0.4) is 0 Å². The van der Waals surface area contributed by atoms with E-state index in [2.05, 4.69) is 39.2 Å². The third kappa shape index (κ3) is 7.35. The molecule has 3 aromatic carbocycles. The second-order valence-corrected chi connectivity index (χ2v) is 21.6. The maximum Gasteiger partial charge on any atom is 0.408 e. The van der Waals surface area contributed by atoms with Crippen LogP contribution in [0.25, 0.3) is 0 Å². The number of hydrogen-bond acceptors (Lipinski definition) is 10. The standard InChI is InChI=1S/C43H49N3O10Si/c1-42(2,3)57(4,5)56-26-43(44-41(52)55-25-27-14-7-6-8-15-27)34(24-47)32(22-45-36(48)28-16-9-10-17-29(28)37(45)49)33(35(43)40-53-20-13-21-54-40)23-46-38(50)30-18-11-12-19-31(30)39(46)51/h6-12,14-19,24,32-35,40H,13,20-23,25-26H2,1-5H3,(H,44,52)/t32-,33-,34+,35-,43-/m1/s1. The van der Waals surface area contributed by atoms with Gasteiger partial charge in [-0.3, -0.25) is 29.0 Å². The Kier molecular flexibility index (Phi) is 11.1. The van der Waals surface area contributed by atoms with Crippen molar-refractivity contribution in [2.75, 3.05) is 32.9 Å². The van der Waals surface area contributed by atoms with Gasteiger partial charge in [0.05, 0.1) is 47.6 Å². The Hall–Kier alpha value is -5.02. The van der Waals surface area contributed by atoms with E-state index in [1.165, 1.54) is 0 Å². The molecule has 14 heteroatoms. The number of ether oxygens (including phenoxy) is 3. The highest BCUT2D eigenvalue weighted by atomic mass is 28.4. The van der Waals surface area contributed by atoms with E-state index in [0.29, 0.717) is 25.9 Å². The fourth-order valence-electron chi connectivity index (χ4n) is 8.49. The second kappa shape index (κ2) is 15.7. The molecule has 1 saturated heterocycles. The molecule has 300 valence electrons. The summed E-state index contributed by atoms with van der Waals surface area (Å²) in [6, 6.07) is 22.1. The Bertz CT molecular complexity index is 1990. The number of fused-ring (bicyclic) bond motifs is 2. The van der Waals surface area contributed by atoms with Crippen LogP contribution in [0.2, 0.25) is 18.1 Å². The van der Waals surface area contributed by atoms with E-state index in [1.807, 2.05) is 30.3 Å². The van der Waals surface area contributed by atoms with Crippen LogP contribution in [0.5, 0.6) is 0 Å². The van der Waals surface area contributed by atoms with Crippen molar-refractivity contribution in [3.8, 4) is 0 Å². The van der Waals surface area contributed by atoms with Gasteiger partial charge in [-0.05, 0) is 66.2 Å².